The number of carbonyl (C=O) groups excluding carboxylic acids is 1. The Bertz CT molecular complexity index is 274. The van der Waals surface area contributed by atoms with E-state index in [1.54, 1.807) is 6.92 Å². The molecule has 0 aliphatic carbocycles. The average molecular weight is 268 g/mol. The Kier molecular flexibility index (Phi) is 7.39. The third-order valence-corrected chi connectivity index (χ3v) is 3.00. The predicted octanol–water partition coefficient (Wildman–Crippen LogP) is 4.98. The van der Waals surface area contributed by atoms with Crippen LogP contribution in [0.5, 0.6) is 0 Å². The second kappa shape index (κ2) is 7.72. The Morgan fingerprint density at radius 3 is 1.47 bits per heavy atom. The molecule has 19 heavy (non-hydrogen) atoms. The first-order valence-corrected chi connectivity index (χ1v) is 7.47. The van der Waals surface area contributed by atoms with E-state index in [1.165, 1.54) is 0 Å². The Balaban J connectivity index is 5.20. The number of esters is 1. The number of ether oxygens (including phenoxy) is 1. The normalized spacial score (nSPS) is 12.3. The summed E-state index contributed by atoms with van der Waals surface area (Å²) >= 11 is 0. The number of carbonyl (C=O) groups is 1. The van der Waals surface area contributed by atoms with E-state index in [0.29, 0.717) is 23.3 Å². The molecular formula is C17H32O2. The largest absolute Gasteiger partial charge is 0.456 e. The molecule has 0 N–H and O–H groups in total. The van der Waals surface area contributed by atoms with Crippen LogP contribution in [-0.4, -0.2) is 11.6 Å². The fourth-order valence-corrected chi connectivity index (χ4v) is 2.89. The van der Waals surface area contributed by atoms with Gasteiger partial charge in [0.15, 0.2) is 0 Å². The van der Waals surface area contributed by atoms with Gasteiger partial charge in [-0.15, -0.1) is 0 Å². The molecule has 2 heteroatoms. The summed E-state index contributed by atoms with van der Waals surface area (Å²) < 4.78 is 5.89. The van der Waals surface area contributed by atoms with Crippen LogP contribution in [0.2, 0.25) is 0 Å². The third kappa shape index (κ3) is 7.39. The number of hydrogen-bond acceptors (Lipinski definition) is 2. The van der Waals surface area contributed by atoms with Crippen LogP contribution in [0.1, 0.15) is 67.7 Å². The van der Waals surface area contributed by atoms with Crippen LogP contribution in [0.4, 0.5) is 0 Å². The summed E-state index contributed by atoms with van der Waals surface area (Å²) in [6.07, 6.45) is 2.76. The molecule has 0 aromatic carbocycles. The zero-order valence-corrected chi connectivity index (χ0v) is 13.9. The summed E-state index contributed by atoms with van der Waals surface area (Å²) in [5, 5.41) is 0. The molecule has 0 heterocycles. The van der Waals surface area contributed by atoms with Gasteiger partial charge < -0.3 is 4.74 Å². The third-order valence-electron chi connectivity index (χ3n) is 3.00. The first kappa shape index (κ1) is 18.2. The molecule has 0 saturated heterocycles. The van der Waals surface area contributed by atoms with E-state index in [9.17, 15) is 4.79 Å². The van der Waals surface area contributed by atoms with Crippen molar-refractivity contribution in [1.82, 2.24) is 0 Å². The minimum atomic E-state index is -0.341. The van der Waals surface area contributed by atoms with Gasteiger partial charge in [0.05, 0.1) is 0 Å². The Morgan fingerprint density at radius 1 is 0.947 bits per heavy atom. The van der Waals surface area contributed by atoms with Crippen molar-refractivity contribution in [2.24, 2.45) is 17.8 Å². The van der Waals surface area contributed by atoms with Crippen LogP contribution < -0.4 is 0 Å². The molecule has 112 valence electrons. The molecule has 0 saturated carbocycles. The zero-order valence-electron chi connectivity index (χ0n) is 13.9. The summed E-state index contributed by atoms with van der Waals surface area (Å²) in [6, 6.07) is 0. The van der Waals surface area contributed by atoms with Crippen molar-refractivity contribution < 1.29 is 9.53 Å². The lowest BCUT2D eigenvalue weighted by molar-refractivity contribution is -0.160. The lowest BCUT2D eigenvalue weighted by Gasteiger charge is -2.38. The quantitative estimate of drug-likeness (QED) is 0.458. The highest BCUT2D eigenvalue weighted by Gasteiger charge is 2.36. The second-order valence-corrected chi connectivity index (χ2v) is 7.15. The van der Waals surface area contributed by atoms with E-state index >= 15 is 0 Å². The topological polar surface area (TPSA) is 26.3 Å². The lowest BCUT2D eigenvalue weighted by Crippen LogP contribution is -2.39. The van der Waals surface area contributed by atoms with Crippen molar-refractivity contribution in [3.8, 4) is 0 Å². The average Bonchev–Trinajstić information content (AvgIpc) is 2.12. The van der Waals surface area contributed by atoms with Crippen molar-refractivity contribution in [2.45, 2.75) is 73.3 Å². The maximum atomic E-state index is 12.0. The van der Waals surface area contributed by atoms with Crippen molar-refractivity contribution >= 4 is 5.97 Å². The molecule has 0 aliphatic heterocycles. The highest BCUT2D eigenvalue weighted by Crippen LogP contribution is 2.35. The molecule has 0 aromatic rings. The summed E-state index contributed by atoms with van der Waals surface area (Å²) in [5.74, 6) is 1.28. The monoisotopic (exact) mass is 268 g/mol. The van der Waals surface area contributed by atoms with E-state index in [4.69, 9.17) is 4.74 Å². The first-order valence-electron chi connectivity index (χ1n) is 7.47. The van der Waals surface area contributed by atoms with Crippen molar-refractivity contribution in [1.29, 1.82) is 0 Å². The van der Waals surface area contributed by atoms with Gasteiger partial charge in [0, 0.05) is 5.57 Å². The second-order valence-electron chi connectivity index (χ2n) is 7.15. The molecule has 2 nitrogen and oxygen atoms in total. The first-order chi connectivity index (χ1) is 8.58. The van der Waals surface area contributed by atoms with Gasteiger partial charge in [-0.05, 0) is 43.9 Å². The van der Waals surface area contributed by atoms with Gasteiger partial charge in [-0.1, -0.05) is 48.1 Å². The molecule has 0 bridgehead atoms. The molecule has 0 rings (SSSR count). The Hall–Kier alpha value is -0.790. The van der Waals surface area contributed by atoms with Gasteiger partial charge in [-0.25, -0.2) is 4.79 Å². The molecular weight excluding hydrogens is 236 g/mol. The van der Waals surface area contributed by atoms with E-state index in [1.807, 2.05) is 0 Å². The summed E-state index contributed by atoms with van der Waals surface area (Å²) in [5.41, 5.74) is 0.146. The van der Waals surface area contributed by atoms with Crippen molar-refractivity contribution in [3.63, 3.8) is 0 Å². The predicted molar refractivity (Wildman–Crippen MR) is 82.0 cm³/mol. The van der Waals surface area contributed by atoms with Gasteiger partial charge >= 0.3 is 5.97 Å². The van der Waals surface area contributed by atoms with Gasteiger partial charge in [0.2, 0.25) is 0 Å². The molecule has 0 radical (unpaired) electrons. The number of hydrogen-bond donors (Lipinski definition) is 0. The van der Waals surface area contributed by atoms with Gasteiger partial charge in [0.1, 0.15) is 5.60 Å². The molecule has 0 atom stereocenters. The lowest BCUT2D eigenvalue weighted by atomic mass is 9.79. The van der Waals surface area contributed by atoms with E-state index < -0.39 is 0 Å². The van der Waals surface area contributed by atoms with Crippen LogP contribution >= 0.6 is 0 Å². The summed E-state index contributed by atoms with van der Waals surface area (Å²) in [7, 11) is 0. The maximum absolute atomic E-state index is 12.0. The molecule has 0 unspecified atom stereocenters. The van der Waals surface area contributed by atoms with E-state index in [2.05, 4.69) is 48.1 Å². The minimum Gasteiger partial charge on any atom is -0.456 e. The van der Waals surface area contributed by atoms with Crippen molar-refractivity contribution in [3.05, 3.63) is 12.2 Å². The smallest absolute Gasteiger partial charge is 0.333 e. The SMILES string of the molecule is C=C(C)C(=O)OC(CC(C)C)(CC(C)C)CC(C)C. The summed E-state index contributed by atoms with van der Waals surface area (Å²) in [6.45, 7) is 18.5. The Morgan fingerprint density at radius 2 is 1.26 bits per heavy atom. The van der Waals surface area contributed by atoms with Gasteiger partial charge in [0.25, 0.3) is 0 Å². The molecule has 0 aromatic heterocycles. The minimum absolute atomic E-state index is 0.248. The summed E-state index contributed by atoms with van der Waals surface area (Å²) in [4.78, 5) is 12.0. The fourth-order valence-electron chi connectivity index (χ4n) is 2.89. The molecule has 0 spiro atoms. The standard InChI is InChI=1S/C17H32O2/c1-12(2)9-17(10-13(3)4,11-14(5)6)19-16(18)15(7)8/h12-14H,7,9-11H2,1-6,8H3. The van der Waals surface area contributed by atoms with Gasteiger partial charge in [-0.3, -0.25) is 0 Å². The van der Waals surface area contributed by atoms with Gasteiger partial charge in [-0.2, -0.15) is 0 Å². The highest BCUT2D eigenvalue weighted by molar-refractivity contribution is 5.87. The fraction of sp³-hybridized carbons (Fsp3) is 0.824. The highest BCUT2D eigenvalue weighted by atomic mass is 16.6. The van der Waals surface area contributed by atoms with Crippen LogP contribution in [0.15, 0.2) is 12.2 Å². The molecule has 0 amide bonds. The number of rotatable bonds is 8. The Labute approximate surface area is 119 Å². The van der Waals surface area contributed by atoms with Crippen LogP contribution in [0.3, 0.4) is 0 Å². The zero-order chi connectivity index (χ0) is 15.2. The maximum Gasteiger partial charge on any atom is 0.333 e. The van der Waals surface area contributed by atoms with Crippen LogP contribution in [-0.2, 0) is 9.53 Å². The van der Waals surface area contributed by atoms with Crippen LogP contribution in [0, 0.1) is 17.8 Å². The van der Waals surface area contributed by atoms with Crippen molar-refractivity contribution in [2.75, 3.05) is 0 Å². The van der Waals surface area contributed by atoms with E-state index in [0.717, 1.165) is 19.3 Å². The van der Waals surface area contributed by atoms with Crippen LogP contribution in [0.25, 0.3) is 0 Å². The molecule has 0 aliphatic rings. The van der Waals surface area contributed by atoms with E-state index in [-0.39, 0.29) is 11.6 Å². The molecule has 0 fully saturated rings.